The van der Waals surface area contributed by atoms with Crippen molar-refractivity contribution < 1.29 is 34.6 Å². The first kappa shape index (κ1) is 25.1. The molecule has 3 aromatic carbocycles. The number of halogens is 2. The zero-order valence-electron chi connectivity index (χ0n) is 19.3. The second kappa shape index (κ2) is 10.4. The Morgan fingerprint density at radius 3 is 2.51 bits per heavy atom. The van der Waals surface area contributed by atoms with Gasteiger partial charge in [-0.15, -0.1) is 6.07 Å². The van der Waals surface area contributed by atoms with Crippen LogP contribution in [0.15, 0.2) is 95.1 Å². The summed E-state index contributed by atoms with van der Waals surface area (Å²) in [6.45, 7) is 0. The van der Waals surface area contributed by atoms with Gasteiger partial charge < -0.3 is 9.30 Å². The van der Waals surface area contributed by atoms with E-state index in [4.69, 9.17) is 4.74 Å². The van der Waals surface area contributed by atoms with Crippen LogP contribution in [0.4, 0.5) is 8.78 Å². The zero-order valence-corrected chi connectivity index (χ0v) is 22.4. The van der Waals surface area contributed by atoms with Crippen LogP contribution >= 0.6 is 11.8 Å². The third-order valence-corrected chi connectivity index (χ3v) is 6.64. The van der Waals surface area contributed by atoms with Crippen molar-refractivity contribution in [3.63, 3.8) is 0 Å². The minimum absolute atomic E-state index is 0. The SMILES string of the molecule is COc1ccnc(Sc2[c-]c(-c3[c-]c4c(cc3)c3cc(F)ccc3n4-c3ccccn3)cc(F)c2)c1.[Pt+2]. The summed E-state index contributed by atoms with van der Waals surface area (Å²) >= 11 is 1.29. The molecular weight excluding hydrogens is 671 g/mol. The summed E-state index contributed by atoms with van der Waals surface area (Å²) < 4.78 is 36.0. The van der Waals surface area contributed by atoms with Gasteiger partial charge in [0.25, 0.3) is 0 Å². The van der Waals surface area contributed by atoms with Crippen LogP contribution in [0, 0.1) is 23.8 Å². The molecule has 0 bridgehead atoms. The maximum absolute atomic E-state index is 14.7. The molecule has 0 aliphatic rings. The van der Waals surface area contributed by atoms with E-state index in [1.165, 1.54) is 36.0 Å². The Kier molecular flexibility index (Phi) is 7.09. The summed E-state index contributed by atoms with van der Waals surface area (Å²) in [4.78, 5) is 9.40. The zero-order chi connectivity index (χ0) is 24.6. The summed E-state index contributed by atoms with van der Waals surface area (Å²) in [5.74, 6) is 0.635. The average molecular weight is 689 g/mol. The largest absolute Gasteiger partial charge is 2.00 e. The van der Waals surface area contributed by atoms with Gasteiger partial charge >= 0.3 is 21.1 Å². The van der Waals surface area contributed by atoms with E-state index < -0.39 is 5.82 Å². The van der Waals surface area contributed by atoms with Crippen LogP contribution in [0.25, 0.3) is 38.8 Å². The number of benzene rings is 3. The van der Waals surface area contributed by atoms with Gasteiger partial charge in [-0.3, -0.25) is 0 Å². The molecule has 4 nitrogen and oxygen atoms in total. The quantitative estimate of drug-likeness (QED) is 0.179. The summed E-state index contributed by atoms with van der Waals surface area (Å²) in [6.07, 6.45) is 3.35. The first-order valence-corrected chi connectivity index (χ1v) is 11.9. The van der Waals surface area contributed by atoms with Crippen LogP contribution in [-0.4, -0.2) is 21.6 Å². The topological polar surface area (TPSA) is 39.9 Å². The first-order chi connectivity index (χ1) is 17.6. The van der Waals surface area contributed by atoms with Crippen LogP contribution < -0.4 is 4.74 Å². The molecule has 8 heteroatoms. The molecule has 0 saturated carbocycles. The van der Waals surface area contributed by atoms with Crippen LogP contribution in [0.5, 0.6) is 5.75 Å². The second-order valence-corrected chi connectivity index (χ2v) is 9.09. The fourth-order valence-corrected chi connectivity index (χ4v) is 5.04. The van der Waals surface area contributed by atoms with E-state index in [9.17, 15) is 8.78 Å². The standard InChI is InChI=1S/C29H17F2N3OS.Pt/c1-35-22-9-11-33-29(17-22)36-23-13-19(12-21(31)15-23)18-5-7-24-25-16-20(30)6-8-26(25)34(27(24)14-18)28-4-2-3-10-32-28;/h2-12,15-17H,1H3;/q-2;+2. The van der Waals surface area contributed by atoms with Crippen LogP contribution in [0.3, 0.4) is 0 Å². The Labute approximate surface area is 230 Å². The van der Waals surface area contributed by atoms with Crippen molar-refractivity contribution in [2.75, 3.05) is 7.11 Å². The van der Waals surface area contributed by atoms with E-state index in [-0.39, 0.29) is 26.9 Å². The Morgan fingerprint density at radius 2 is 1.70 bits per heavy atom. The van der Waals surface area contributed by atoms with Gasteiger partial charge in [-0.25, -0.2) is 29.9 Å². The van der Waals surface area contributed by atoms with Gasteiger partial charge in [-0.05, 0) is 47.3 Å². The molecular formula is C29H17F2N3OPtS. The van der Waals surface area contributed by atoms with Crippen molar-refractivity contribution in [2.24, 2.45) is 0 Å². The smallest absolute Gasteiger partial charge is 0.497 e. The molecule has 184 valence electrons. The molecule has 0 aliphatic heterocycles. The van der Waals surface area contributed by atoms with Crippen molar-refractivity contribution in [3.8, 4) is 22.7 Å². The fraction of sp³-hybridized carbons (Fsp3) is 0.0345. The third kappa shape index (κ3) is 4.89. The van der Waals surface area contributed by atoms with Gasteiger partial charge in [0, 0.05) is 29.8 Å². The third-order valence-electron chi connectivity index (χ3n) is 5.77. The molecule has 0 saturated heterocycles. The fourth-order valence-electron chi connectivity index (χ4n) is 4.19. The van der Waals surface area contributed by atoms with E-state index >= 15 is 0 Å². The number of rotatable bonds is 5. The minimum Gasteiger partial charge on any atom is -0.497 e. The summed E-state index contributed by atoms with van der Waals surface area (Å²) in [7, 11) is 1.58. The molecule has 0 fully saturated rings. The maximum atomic E-state index is 14.7. The number of aromatic nitrogens is 3. The number of ether oxygens (including phenoxy) is 1. The van der Waals surface area contributed by atoms with E-state index in [0.29, 0.717) is 38.1 Å². The Hall–Kier alpha value is -3.54. The first-order valence-electron chi connectivity index (χ1n) is 11.1. The van der Waals surface area contributed by atoms with Gasteiger partial charge in [-0.2, -0.15) is 24.3 Å². The molecule has 6 rings (SSSR count). The molecule has 37 heavy (non-hydrogen) atoms. The molecule has 0 spiro atoms. The van der Waals surface area contributed by atoms with Crippen LogP contribution in [-0.2, 0) is 21.1 Å². The molecule has 0 amide bonds. The average Bonchev–Trinajstić information content (AvgIpc) is 3.21. The van der Waals surface area contributed by atoms with E-state index in [1.54, 1.807) is 37.7 Å². The van der Waals surface area contributed by atoms with Crippen molar-refractivity contribution in [1.82, 2.24) is 14.5 Å². The van der Waals surface area contributed by atoms with Crippen LogP contribution in [0.2, 0.25) is 0 Å². The van der Waals surface area contributed by atoms with E-state index in [2.05, 4.69) is 22.1 Å². The van der Waals surface area contributed by atoms with Crippen molar-refractivity contribution in [1.29, 1.82) is 0 Å². The molecule has 3 heterocycles. The molecule has 0 aliphatic carbocycles. The van der Waals surface area contributed by atoms with Crippen molar-refractivity contribution in [3.05, 3.63) is 109 Å². The number of methoxy groups -OCH3 is 1. The monoisotopic (exact) mass is 688 g/mol. The maximum Gasteiger partial charge on any atom is 2.00 e. The van der Waals surface area contributed by atoms with E-state index in [1.807, 2.05) is 34.9 Å². The van der Waals surface area contributed by atoms with E-state index in [0.717, 1.165) is 16.3 Å². The number of hydrogen-bond acceptors (Lipinski definition) is 4. The predicted molar refractivity (Wildman–Crippen MR) is 137 cm³/mol. The Morgan fingerprint density at radius 1 is 0.811 bits per heavy atom. The van der Waals surface area contributed by atoms with Gasteiger partial charge in [0.2, 0.25) is 0 Å². The summed E-state index contributed by atoms with van der Waals surface area (Å²) in [5.41, 5.74) is 2.73. The van der Waals surface area contributed by atoms with Gasteiger partial charge in [0.15, 0.2) is 0 Å². The van der Waals surface area contributed by atoms with Crippen molar-refractivity contribution >= 4 is 33.6 Å². The molecule has 0 radical (unpaired) electrons. The molecule has 0 N–H and O–H groups in total. The second-order valence-electron chi connectivity index (χ2n) is 8.03. The summed E-state index contributed by atoms with van der Waals surface area (Å²) in [5, 5.41) is 2.24. The number of hydrogen-bond donors (Lipinski definition) is 0. The molecule has 6 aromatic rings. The number of nitrogens with zero attached hydrogens (tertiary/aromatic N) is 3. The van der Waals surface area contributed by atoms with Crippen molar-refractivity contribution in [2.45, 2.75) is 9.92 Å². The summed E-state index contributed by atoms with van der Waals surface area (Å²) in [6, 6.07) is 27.1. The van der Waals surface area contributed by atoms with Gasteiger partial charge in [0.1, 0.15) is 22.4 Å². The minimum atomic E-state index is -0.394. The van der Waals surface area contributed by atoms with Crippen LogP contribution in [0.1, 0.15) is 0 Å². The Balaban J connectivity index is 0.00000280. The Bertz CT molecular complexity index is 1740. The molecule has 0 unspecified atom stereocenters. The predicted octanol–water partition coefficient (Wildman–Crippen LogP) is 7.28. The molecule has 3 aromatic heterocycles. The van der Waals surface area contributed by atoms with Gasteiger partial charge in [-0.1, -0.05) is 34.2 Å². The molecule has 0 atom stereocenters. The van der Waals surface area contributed by atoms with Gasteiger partial charge in [0.05, 0.1) is 7.11 Å². The number of pyridine rings is 2. The number of fused-ring (bicyclic) bond motifs is 3. The normalized spacial score (nSPS) is 11.0.